The molecule has 0 atom stereocenters. The first-order chi connectivity index (χ1) is 15.7. The number of H-pyrrole nitrogens is 1. The van der Waals surface area contributed by atoms with Gasteiger partial charge in [-0.25, -0.2) is 4.98 Å². The SMILES string of the molecule is S=c1[nH]nc(CCn2cnc(-c3ccccc3)c2-c2ccccc2)n1-c1ccc(Cl)cc1. The highest BCUT2D eigenvalue weighted by Gasteiger charge is 2.16. The number of hydrogen-bond acceptors (Lipinski definition) is 3. The van der Waals surface area contributed by atoms with E-state index >= 15 is 0 Å². The van der Waals surface area contributed by atoms with E-state index in [0.29, 0.717) is 22.8 Å². The Morgan fingerprint density at radius 3 is 2.19 bits per heavy atom. The summed E-state index contributed by atoms with van der Waals surface area (Å²) in [6, 6.07) is 28.2. The third-order valence-corrected chi connectivity index (χ3v) is 5.86. The lowest BCUT2D eigenvalue weighted by Gasteiger charge is -2.12. The number of hydrogen-bond donors (Lipinski definition) is 1. The van der Waals surface area contributed by atoms with Gasteiger partial charge in [-0.15, -0.1) is 0 Å². The molecule has 1 N–H and O–H groups in total. The Kier molecular flexibility index (Phi) is 5.71. The topological polar surface area (TPSA) is 51.4 Å². The number of halogens is 1. The summed E-state index contributed by atoms with van der Waals surface area (Å²) < 4.78 is 4.69. The highest BCUT2D eigenvalue weighted by atomic mass is 35.5. The molecule has 3 aromatic carbocycles. The molecule has 0 aliphatic heterocycles. The molecule has 0 saturated carbocycles. The molecule has 32 heavy (non-hydrogen) atoms. The standard InChI is InChI=1S/C25H20ClN5S/c26-20-11-13-21(14-12-20)31-22(28-29-25(31)32)15-16-30-17-27-23(18-7-3-1-4-8-18)24(30)19-9-5-2-6-10-19/h1-14,17H,15-16H2,(H,29,32). The first-order valence-electron chi connectivity index (χ1n) is 10.3. The van der Waals surface area contributed by atoms with Gasteiger partial charge in [0.25, 0.3) is 0 Å². The number of nitrogens with zero attached hydrogens (tertiary/aromatic N) is 4. The highest BCUT2D eigenvalue weighted by Crippen LogP contribution is 2.31. The Labute approximate surface area is 196 Å². The molecular weight excluding hydrogens is 438 g/mol. The molecule has 0 radical (unpaired) electrons. The van der Waals surface area contributed by atoms with E-state index in [1.165, 1.54) is 0 Å². The average Bonchev–Trinajstić information content (AvgIpc) is 3.43. The molecule has 0 fully saturated rings. The Balaban J connectivity index is 1.51. The van der Waals surface area contributed by atoms with Crippen LogP contribution in [0.3, 0.4) is 0 Å². The molecule has 0 unspecified atom stereocenters. The van der Waals surface area contributed by atoms with Crippen LogP contribution in [-0.4, -0.2) is 24.3 Å². The van der Waals surface area contributed by atoms with Crippen molar-refractivity contribution in [3.05, 3.63) is 107 Å². The van der Waals surface area contributed by atoms with Gasteiger partial charge in [-0.3, -0.25) is 9.67 Å². The summed E-state index contributed by atoms with van der Waals surface area (Å²) in [5.41, 5.74) is 5.20. The largest absolute Gasteiger partial charge is 0.330 e. The first-order valence-corrected chi connectivity index (χ1v) is 11.1. The molecule has 2 heterocycles. The monoisotopic (exact) mass is 457 g/mol. The summed E-state index contributed by atoms with van der Waals surface area (Å²) in [4.78, 5) is 4.76. The van der Waals surface area contributed by atoms with Crippen LogP contribution in [0.15, 0.2) is 91.3 Å². The third kappa shape index (κ3) is 4.02. The Hall–Kier alpha value is -3.48. The van der Waals surface area contributed by atoms with Gasteiger partial charge in [0, 0.05) is 34.8 Å². The molecule has 7 heteroatoms. The van der Waals surface area contributed by atoms with Crippen LogP contribution < -0.4 is 0 Å². The lowest BCUT2D eigenvalue weighted by Crippen LogP contribution is -2.08. The van der Waals surface area contributed by atoms with Crippen LogP contribution >= 0.6 is 23.8 Å². The van der Waals surface area contributed by atoms with E-state index in [0.717, 1.165) is 34.0 Å². The number of nitrogens with one attached hydrogen (secondary N) is 1. The van der Waals surface area contributed by atoms with Crippen molar-refractivity contribution in [3.63, 3.8) is 0 Å². The van der Waals surface area contributed by atoms with Gasteiger partial charge in [-0.1, -0.05) is 72.3 Å². The maximum absolute atomic E-state index is 6.05. The number of benzene rings is 3. The number of imidazole rings is 1. The summed E-state index contributed by atoms with van der Waals surface area (Å²) >= 11 is 11.5. The van der Waals surface area contributed by atoms with Crippen LogP contribution in [0.2, 0.25) is 5.02 Å². The van der Waals surface area contributed by atoms with Crippen molar-refractivity contribution in [1.82, 2.24) is 24.3 Å². The summed E-state index contributed by atoms with van der Waals surface area (Å²) in [5, 5.41) is 8.08. The smallest absolute Gasteiger partial charge is 0.199 e. The second-order valence-electron chi connectivity index (χ2n) is 7.37. The lowest BCUT2D eigenvalue weighted by atomic mass is 10.0. The van der Waals surface area contributed by atoms with Crippen LogP contribution in [-0.2, 0) is 13.0 Å². The molecule has 0 amide bonds. The molecule has 2 aromatic heterocycles. The van der Waals surface area contributed by atoms with E-state index in [-0.39, 0.29) is 0 Å². The first kappa shape index (κ1) is 20.4. The fourth-order valence-electron chi connectivity index (χ4n) is 3.83. The van der Waals surface area contributed by atoms with Gasteiger partial charge in [0.15, 0.2) is 4.77 Å². The molecular formula is C25H20ClN5S. The maximum atomic E-state index is 6.05. The molecule has 0 spiro atoms. The van der Waals surface area contributed by atoms with Crippen LogP contribution in [0.4, 0.5) is 0 Å². The van der Waals surface area contributed by atoms with Gasteiger partial charge >= 0.3 is 0 Å². The van der Waals surface area contributed by atoms with Crippen molar-refractivity contribution < 1.29 is 0 Å². The van der Waals surface area contributed by atoms with Gasteiger partial charge < -0.3 is 4.57 Å². The fourth-order valence-corrected chi connectivity index (χ4v) is 4.21. The molecule has 158 valence electrons. The molecule has 0 bridgehead atoms. The zero-order valence-electron chi connectivity index (χ0n) is 17.1. The van der Waals surface area contributed by atoms with E-state index < -0.39 is 0 Å². The molecule has 0 saturated heterocycles. The van der Waals surface area contributed by atoms with Crippen molar-refractivity contribution >= 4 is 23.8 Å². The molecule has 5 aromatic rings. The predicted octanol–water partition coefficient (Wildman–Crippen LogP) is 6.36. The third-order valence-electron chi connectivity index (χ3n) is 5.34. The van der Waals surface area contributed by atoms with Crippen LogP contribution in [0.5, 0.6) is 0 Å². The fraction of sp³-hybridized carbons (Fsp3) is 0.0800. The van der Waals surface area contributed by atoms with E-state index in [9.17, 15) is 0 Å². The van der Waals surface area contributed by atoms with E-state index in [1.807, 2.05) is 71.6 Å². The van der Waals surface area contributed by atoms with Gasteiger partial charge in [-0.2, -0.15) is 5.10 Å². The minimum absolute atomic E-state index is 0.557. The molecule has 5 rings (SSSR count). The van der Waals surface area contributed by atoms with Crippen LogP contribution in [0.1, 0.15) is 5.82 Å². The zero-order chi connectivity index (χ0) is 21.9. The van der Waals surface area contributed by atoms with Gasteiger partial charge in [0.2, 0.25) is 0 Å². The number of aromatic nitrogens is 5. The summed E-state index contributed by atoms with van der Waals surface area (Å²) in [6.45, 7) is 0.706. The minimum atomic E-state index is 0.557. The van der Waals surface area contributed by atoms with Gasteiger partial charge in [0.05, 0.1) is 17.7 Å². The van der Waals surface area contributed by atoms with Crippen LogP contribution in [0.25, 0.3) is 28.2 Å². The second-order valence-corrected chi connectivity index (χ2v) is 8.20. The molecule has 5 nitrogen and oxygen atoms in total. The molecule has 0 aliphatic rings. The van der Waals surface area contributed by atoms with E-state index in [1.54, 1.807) is 0 Å². The second kappa shape index (κ2) is 8.94. The normalized spacial score (nSPS) is 11.0. The van der Waals surface area contributed by atoms with Crippen molar-refractivity contribution in [2.45, 2.75) is 13.0 Å². The quantitative estimate of drug-likeness (QED) is 0.302. The Morgan fingerprint density at radius 2 is 1.50 bits per heavy atom. The van der Waals surface area contributed by atoms with Crippen molar-refractivity contribution in [1.29, 1.82) is 0 Å². The number of aryl methyl sites for hydroxylation is 2. The summed E-state index contributed by atoms with van der Waals surface area (Å²) in [7, 11) is 0. The zero-order valence-corrected chi connectivity index (χ0v) is 18.7. The lowest BCUT2D eigenvalue weighted by molar-refractivity contribution is 0.666. The number of rotatable bonds is 6. The van der Waals surface area contributed by atoms with E-state index in [2.05, 4.69) is 39.0 Å². The predicted molar refractivity (Wildman–Crippen MR) is 131 cm³/mol. The van der Waals surface area contributed by atoms with E-state index in [4.69, 9.17) is 28.8 Å². The maximum Gasteiger partial charge on any atom is 0.199 e. The van der Waals surface area contributed by atoms with Crippen molar-refractivity contribution in [2.75, 3.05) is 0 Å². The van der Waals surface area contributed by atoms with Crippen molar-refractivity contribution in [3.8, 4) is 28.2 Å². The Bertz CT molecular complexity index is 1390. The van der Waals surface area contributed by atoms with Gasteiger partial charge in [0.1, 0.15) is 5.82 Å². The summed E-state index contributed by atoms with van der Waals surface area (Å²) in [6.07, 6.45) is 2.58. The summed E-state index contributed by atoms with van der Waals surface area (Å²) in [5.74, 6) is 0.853. The average molecular weight is 458 g/mol. The minimum Gasteiger partial charge on any atom is -0.330 e. The highest BCUT2D eigenvalue weighted by molar-refractivity contribution is 7.71. The van der Waals surface area contributed by atoms with Crippen molar-refractivity contribution in [2.24, 2.45) is 0 Å². The molecule has 0 aliphatic carbocycles. The van der Waals surface area contributed by atoms with Crippen LogP contribution in [0, 0.1) is 4.77 Å². The van der Waals surface area contributed by atoms with Gasteiger partial charge in [-0.05, 0) is 36.5 Å². The number of aromatic amines is 1. The Morgan fingerprint density at radius 1 is 0.844 bits per heavy atom.